The van der Waals surface area contributed by atoms with Gasteiger partial charge >= 0.3 is 5.97 Å². The Bertz CT molecular complexity index is 495. The number of hydrogen-bond donors (Lipinski definition) is 1. The van der Waals surface area contributed by atoms with Crippen LogP contribution in [-0.4, -0.2) is 26.8 Å². The maximum atomic E-state index is 11.4. The van der Waals surface area contributed by atoms with E-state index in [1.54, 1.807) is 0 Å². The van der Waals surface area contributed by atoms with Gasteiger partial charge in [0.2, 0.25) is 0 Å². The molecule has 0 aromatic heterocycles. The molecule has 3 nitrogen and oxygen atoms in total. The Balaban J connectivity index is 0.00000106. The van der Waals surface area contributed by atoms with Gasteiger partial charge in [0, 0.05) is 22.3 Å². The number of terminal acetylenes is 1. The Morgan fingerprint density at radius 1 is 1.29 bits per heavy atom. The highest BCUT2D eigenvalue weighted by Gasteiger charge is 2.28. The number of aryl methyl sites for hydroxylation is 1. The lowest BCUT2D eigenvalue weighted by Gasteiger charge is -2.29. The van der Waals surface area contributed by atoms with Crippen molar-refractivity contribution in [1.29, 1.82) is 0 Å². The van der Waals surface area contributed by atoms with Crippen LogP contribution >= 0.6 is 0 Å². The van der Waals surface area contributed by atoms with Gasteiger partial charge in [0.05, 0.1) is 6.42 Å². The predicted molar refractivity (Wildman–Crippen MR) is 86.7 cm³/mol. The van der Waals surface area contributed by atoms with Crippen LogP contribution in [0.25, 0.3) is 0 Å². The van der Waals surface area contributed by atoms with Gasteiger partial charge in [-0.2, -0.15) is 0 Å². The third-order valence-electron chi connectivity index (χ3n) is 3.90. The second kappa shape index (κ2) is 8.63. The van der Waals surface area contributed by atoms with Gasteiger partial charge in [-0.05, 0) is 37.2 Å². The van der Waals surface area contributed by atoms with E-state index in [-0.39, 0.29) is 12.3 Å². The predicted octanol–water partition coefficient (Wildman–Crippen LogP) is 2.96. The Kier molecular flexibility index (Phi) is 7.18. The molecule has 1 aliphatic rings. The molecule has 0 aliphatic carbocycles. The van der Waals surface area contributed by atoms with E-state index < -0.39 is 16.8 Å². The molecule has 0 saturated carbocycles. The molecule has 1 aromatic rings. The molecule has 1 N–H and O–H groups in total. The molecule has 1 aliphatic heterocycles. The summed E-state index contributed by atoms with van der Waals surface area (Å²) in [7, 11) is -0.698. The zero-order valence-corrected chi connectivity index (χ0v) is 13.1. The Morgan fingerprint density at radius 2 is 1.81 bits per heavy atom. The number of rotatable bonds is 4. The van der Waals surface area contributed by atoms with Gasteiger partial charge in [-0.1, -0.05) is 29.8 Å². The van der Waals surface area contributed by atoms with E-state index >= 15 is 0 Å². The van der Waals surface area contributed by atoms with Crippen LogP contribution in [0.5, 0.6) is 0 Å². The highest BCUT2D eigenvalue weighted by molar-refractivity contribution is 7.85. The van der Waals surface area contributed by atoms with Crippen LogP contribution < -0.4 is 0 Å². The van der Waals surface area contributed by atoms with E-state index in [1.807, 2.05) is 31.2 Å². The van der Waals surface area contributed by atoms with Crippen LogP contribution in [0.15, 0.2) is 24.3 Å². The Hall–Kier alpha value is -1.60. The molecule has 2 rings (SSSR count). The van der Waals surface area contributed by atoms with Gasteiger partial charge in [-0.15, -0.1) is 12.8 Å². The normalized spacial score (nSPS) is 22.6. The van der Waals surface area contributed by atoms with Crippen molar-refractivity contribution in [2.75, 3.05) is 11.5 Å². The molecule has 0 bridgehead atoms. The van der Waals surface area contributed by atoms with Crippen LogP contribution in [0.3, 0.4) is 0 Å². The van der Waals surface area contributed by atoms with Crippen molar-refractivity contribution < 1.29 is 14.1 Å². The first-order valence-electron chi connectivity index (χ1n) is 7.03. The molecule has 1 heterocycles. The number of carbonyl (C=O) groups is 1. The Morgan fingerprint density at radius 3 is 2.29 bits per heavy atom. The lowest BCUT2D eigenvalue weighted by atomic mass is 9.80. The maximum Gasteiger partial charge on any atom is 0.303 e. The number of benzene rings is 1. The fraction of sp³-hybridized carbons (Fsp3) is 0.471. The van der Waals surface area contributed by atoms with Gasteiger partial charge in [-0.3, -0.25) is 9.00 Å². The summed E-state index contributed by atoms with van der Waals surface area (Å²) in [5, 5.41) is 9.12. The quantitative estimate of drug-likeness (QED) is 0.870. The number of hydrogen-bond acceptors (Lipinski definition) is 2. The van der Waals surface area contributed by atoms with Crippen molar-refractivity contribution in [3.8, 4) is 12.8 Å². The van der Waals surface area contributed by atoms with Crippen LogP contribution in [0.4, 0.5) is 0 Å². The molecule has 21 heavy (non-hydrogen) atoms. The highest BCUT2D eigenvalue weighted by Crippen LogP contribution is 2.35. The first-order chi connectivity index (χ1) is 10.1. The lowest BCUT2D eigenvalue weighted by molar-refractivity contribution is -0.137. The minimum Gasteiger partial charge on any atom is -0.481 e. The molecule has 1 aromatic carbocycles. The van der Waals surface area contributed by atoms with E-state index in [9.17, 15) is 9.00 Å². The largest absolute Gasteiger partial charge is 0.481 e. The summed E-state index contributed by atoms with van der Waals surface area (Å²) in [6, 6.07) is 8.14. The summed E-state index contributed by atoms with van der Waals surface area (Å²) >= 11 is 0. The fourth-order valence-corrected chi connectivity index (χ4v) is 4.11. The topological polar surface area (TPSA) is 54.4 Å². The molecule has 1 atom stereocenters. The molecular weight excluding hydrogens is 284 g/mol. The molecule has 0 radical (unpaired) electrons. The van der Waals surface area contributed by atoms with Crippen LogP contribution in [0.1, 0.15) is 36.3 Å². The third-order valence-corrected chi connectivity index (χ3v) is 5.28. The average Bonchev–Trinajstić information content (AvgIpc) is 2.49. The zero-order chi connectivity index (χ0) is 15.8. The number of carboxylic acids is 1. The first kappa shape index (κ1) is 17.5. The van der Waals surface area contributed by atoms with E-state index in [2.05, 4.69) is 12.8 Å². The van der Waals surface area contributed by atoms with E-state index in [4.69, 9.17) is 5.11 Å². The summed E-state index contributed by atoms with van der Waals surface area (Å²) in [6.45, 7) is 2.03. The molecule has 0 spiro atoms. The molecule has 4 heteroatoms. The maximum absolute atomic E-state index is 11.4. The SMILES string of the molecule is C#C.Cc1ccc(C(CC(=O)O)C2CCS(=O)CC2)cc1. The van der Waals surface area contributed by atoms with Gasteiger partial charge in [0.15, 0.2) is 0 Å². The molecule has 1 saturated heterocycles. The number of carboxylic acid groups (broad SMARTS) is 1. The van der Waals surface area contributed by atoms with Crippen LogP contribution in [0.2, 0.25) is 0 Å². The second-order valence-electron chi connectivity index (χ2n) is 5.30. The standard InChI is InChI=1S/C15H20O3S.C2H2/c1-11-2-4-12(5-3-11)14(10-15(16)17)13-6-8-19(18)9-7-13;1-2/h2-5,13-14H,6-10H2,1H3,(H,16,17);1-2H. The monoisotopic (exact) mass is 306 g/mol. The van der Waals surface area contributed by atoms with Crippen molar-refractivity contribution in [3.05, 3.63) is 35.4 Å². The summed E-state index contributed by atoms with van der Waals surface area (Å²) in [6.07, 6.45) is 9.91. The second-order valence-corrected chi connectivity index (χ2v) is 7.00. The van der Waals surface area contributed by atoms with Gasteiger partial charge in [0.1, 0.15) is 0 Å². The molecule has 1 unspecified atom stereocenters. The molecule has 114 valence electrons. The van der Waals surface area contributed by atoms with Crippen LogP contribution in [0, 0.1) is 25.7 Å². The molecule has 0 amide bonds. The summed E-state index contributed by atoms with van der Waals surface area (Å²) in [5.41, 5.74) is 2.29. The molecular formula is C17H22O3S. The van der Waals surface area contributed by atoms with Crippen LogP contribution in [-0.2, 0) is 15.6 Å². The van der Waals surface area contributed by atoms with Gasteiger partial charge in [0.25, 0.3) is 0 Å². The van der Waals surface area contributed by atoms with Crippen molar-refractivity contribution in [1.82, 2.24) is 0 Å². The minimum atomic E-state index is -0.753. The van der Waals surface area contributed by atoms with Crippen molar-refractivity contribution in [2.45, 2.75) is 32.1 Å². The van der Waals surface area contributed by atoms with E-state index in [0.29, 0.717) is 17.4 Å². The van der Waals surface area contributed by atoms with Crippen molar-refractivity contribution >= 4 is 16.8 Å². The summed E-state index contributed by atoms with van der Waals surface area (Å²) in [4.78, 5) is 11.1. The van der Waals surface area contributed by atoms with Gasteiger partial charge in [-0.25, -0.2) is 0 Å². The minimum absolute atomic E-state index is 0.0513. The van der Waals surface area contributed by atoms with E-state index in [0.717, 1.165) is 18.4 Å². The highest BCUT2D eigenvalue weighted by atomic mass is 32.2. The third kappa shape index (κ3) is 5.35. The average molecular weight is 306 g/mol. The zero-order valence-electron chi connectivity index (χ0n) is 12.3. The van der Waals surface area contributed by atoms with E-state index in [1.165, 1.54) is 5.56 Å². The van der Waals surface area contributed by atoms with Crippen molar-refractivity contribution in [3.63, 3.8) is 0 Å². The summed E-state index contributed by atoms with van der Waals surface area (Å²) in [5.74, 6) is 1.07. The lowest BCUT2D eigenvalue weighted by Crippen LogP contribution is -2.25. The first-order valence-corrected chi connectivity index (χ1v) is 8.51. The summed E-state index contributed by atoms with van der Waals surface area (Å²) < 4.78 is 11.4. The smallest absolute Gasteiger partial charge is 0.303 e. The number of aliphatic carboxylic acids is 1. The fourth-order valence-electron chi connectivity index (χ4n) is 2.77. The Labute approximate surface area is 129 Å². The van der Waals surface area contributed by atoms with Crippen molar-refractivity contribution in [2.24, 2.45) is 5.92 Å². The van der Waals surface area contributed by atoms with Gasteiger partial charge < -0.3 is 5.11 Å². The molecule has 1 fully saturated rings.